The van der Waals surface area contributed by atoms with E-state index < -0.39 is 0 Å². The first-order chi connectivity index (χ1) is 9.49. The number of nitrogens with one attached hydrogen (secondary N) is 1. The number of hydrogen-bond donors (Lipinski definition) is 1. The van der Waals surface area contributed by atoms with Gasteiger partial charge >= 0.3 is 0 Å². The van der Waals surface area contributed by atoms with Crippen LogP contribution < -0.4 is 10.2 Å². The van der Waals surface area contributed by atoms with Crippen LogP contribution in [0.5, 0.6) is 0 Å². The van der Waals surface area contributed by atoms with E-state index >= 15 is 0 Å². The number of likely N-dealkylation sites (N-methyl/N-ethyl adjacent to an activating group) is 2. The molecule has 0 bridgehead atoms. The molecule has 1 aromatic rings. The number of rotatable bonds is 8. The molecule has 0 fully saturated rings. The third-order valence-electron chi connectivity index (χ3n) is 3.58. The van der Waals surface area contributed by atoms with E-state index in [9.17, 15) is 0 Å². The van der Waals surface area contributed by atoms with E-state index in [1.165, 1.54) is 5.56 Å². The third kappa shape index (κ3) is 4.76. The summed E-state index contributed by atoms with van der Waals surface area (Å²) in [5.41, 5.74) is 1.24. The highest BCUT2D eigenvalue weighted by Crippen LogP contribution is 2.18. The Labute approximate surface area is 124 Å². The average Bonchev–Trinajstić information content (AvgIpc) is 2.39. The topological polar surface area (TPSA) is 31.4 Å². The second kappa shape index (κ2) is 8.22. The number of nitrogens with zero attached hydrogens (tertiary/aromatic N) is 3. The van der Waals surface area contributed by atoms with Gasteiger partial charge in [0, 0.05) is 31.4 Å². The predicted molar refractivity (Wildman–Crippen MR) is 87.4 cm³/mol. The zero-order valence-electron chi connectivity index (χ0n) is 13.8. The quantitative estimate of drug-likeness (QED) is 0.792. The zero-order chi connectivity index (χ0) is 15.1. The molecule has 0 radical (unpaired) electrons. The van der Waals surface area contributed by atoms with E-state index in [0.717, 1.165) is 25.5 Å². The van der Waals surface area contributed by atoms with E-state index in [0.29, 0.717) is 12.1 Å². The van der Waals surface area contributed by atoms with Crippen molar-refractivity contribution >= 4 is 5.82 Å². The molecular formula is C16H30N4. The predicted octanol–water partition coefficient (Wildman–Crippen LogP) is 2.53. The van der Waals surface area contributed by atoms with Crippen molar-refractivity contribution in [2.45, 2.75) is 39.8 Å². The van der Waals surface area contributed by atoms with Crippen molar-refractivity contribution in [3.8, 4) is 0 Å². The maximum absolute atomic E-state index is 4.65. The highest BCUT2D eigenvalue weighted by atomic mass is 15.2. The SMILES string of the molecule is CCNC(C)c1ccc(N(CC)C(C)CN(C)C)nc1. The van der Waals surface area contributed by atoms with Gasteiger partial charge in [-0.1, -0.05) is 13.0 Å². The summed E-state index contributed by atoms with van der Waals surface area (Å²) in [5, 5.41) is 3.41. The molecule has 1 N–H and O–H groups in total. The lowest BCUT2D eigenvalue weighted by atomic mass is 10.1. The first kappa shape index (κ1) is 16.9. The van der Waals surface area contributed by atoms with Crippen LogP contribution in [0, 0.1) is 0 Å². The average molecular weight is 278 g/mol. The molecule has 20 heavy (non-hydrogen) atoms. The van der Waals surface area contributed by atoms with E-state index in [4.69, 9.17) is 0 Å². The fourth-order valence-electron chi connectivity index (χ4n) is 2.57. The molecule has 4 heteroatoms. The summed E-state index contributed by atoms with van der Waals surface area (Å²) < 4.78 is 0. The first-order valence-electron chi connectivity index (χ1n) is 7.60. The molecule has 1 aromatic heterocycles. The molecule has 1 rings (SSSR count). The van der Waals surface area contributed by atoms with Crippen molar-refractivity contribution in [1.29, 1.82) is 0 Å². The molecule has 4 nitrogen and oxygen atoms in total. The lowest BCUT2D eigenvalue weighted by Gasteiger charge is -2.31. The minimum Gasteiger partial charge on any atom is -0.353 e. The number of anilines is 1. The van der Waals surface area contributed by atoms with Gasteiger partial charge in [0.05, 0.1) is 0 Å². The molecule has 2 unspecified atom stereocenters. The normalized spacial score (nSPS) is 14.3. The van der Waals surface area contributed by atoms with Crippen LogP contribution in [0.25, 0.3) is 0 Å². The summed E-state index contributed by atoms with van der Waals surface area (Å²) in [7, 11) is 4.22. The molecule has 1 heterocycles. The van der Waals surface area contributed by atoms with Crippen LogP contribution in [-0.4, -0.2) is 49.7 Å². The second-order valence-electron chi connectivity index (χ2n) is 5.63. The van der Waals surface area contributed by atoms with Crippen LogP contribution in [0.2, 0.25) is 0 Å². The largest absolute Gasteiger partial charge is 0.353 e. The molecular weight excluding hydrogens is 248 g/mol. The summed E-state index contributed by atoms with van der Waals surface area (Å²) in [5.74, 6) is 1.06. The van der Waals surface area contributed by atoms with Gasteiger partial charge in [0.2, 0.25) is 0 Å². The van der Waals surface area contributed by atoms with Crippen molar-refractivity contribution in [1.82, 2.24) is 15.2 Å². The van der Waals surface area contributed by atoms with Crippen LogP contribution in [0.3, 0.4) is 0 Å². The van der Waals surface area contributed by atoms with Gasteiger partial charge in [0.1, 0.15) is 5.82 Å². The van der Waals surface area contributed by atoms with E-state index in [2.05, 4.69) is 74.0 Å². The van der Waals surface area contributed by atoms with Crippen LogP contribution >= 0.6 is 0 Å². The smallest absolute Gasteiger partial charge is 0.128 e. The summed E-state index contributed by atoms with van der Waals surface area (Å²) >= 11 is 0. The molecule has 0 aromatic carbocycles. The van der Waals surface area contributed by atoms with E-state index in [-0.39, 0.29) is 0 Å². The Kier molecular flexibility index (Phi) is 6.96. The van der Waals surface area contributed by atoms with Gasteiger partial charge in [-0.3, -0.25) is 0 Å². The molecule has 0 aliphatic carbocycles. The van der Waals surface area contributed by atoms with E-state index in [1.807, 2.05) is 6.20 Å². The molecule has 0 amide bonds. The minimum absolute atomic E-state index is 0.357. The molecule has 0 saturated carbocycles. The molecule has 114 valence electrons. The Bertz CT molecular complexity index is 375. The molecule has 2 atom stereocenters. The number of pyridine rings is 1. The Hall–Kier alpha value is -1.13. The van der Waals surface area contributed by atoms with Gasteiger partial charge in [0.25, 0.3) is 0 Å². The van der Waals surface area contributed by atoms with Crippen molar-refractivity contribution in [2.75, 3.05) is 38.6 Å². The number of hydrogen-bond acceptors (Lipinski definition) is 4. The van der Waals surface area contributed by atoms with Crippen LogP contribution in [0.15, 0.2) is 18.3 Å². The maximum atomic E-state index is 4.65. The fraction of sp³-hybridized carbons (Fsp3) is 0.688. The summed E-state index contributed by atoms with van der Waals surface area (Å²) in [6.07, 6.45) is 1.99. The van der Waals surface area contributed by atoms with Crippen LogP contribution in [0.1, 0.15) is 39.3 Å². The lowest BCUT2D eigenvalue weighted by molar-refractivity contribution is 0.372. The van der Waals surface area contributed by atoms with Gasteiger partial charge in [-0.05, 0) is 53.0 Å². The Morgan fingerprint density at radius 2 is 1.90 bits per heavy atom. The minimum atomic E-state index is 0.357. The van der Waals surface area contributed by atoms with Gasteiger partial charge in [-0.2, -0.15) is 0 Å². The molecule has 0 aliphatic heterocycles. The Morgan fingerprint density at radius 3 is 2.35 bits per heavy atom. The highest BCUT2D eigenvalue weighted by Gasteiger charge is 2.15. The van der Waals surface area contributed by atoms with Crippen molar-refractivity contribution in [3.05, 3.63) is 23.9 Å². The van der Waals surface area contributed by atoms with Gasteiger partial charge in [0.15, 0.2) is 0 Å². The lowest BCUT2D eigenvalue weighted by Crippen LogP contribution is -2.40. The standard InChI is InChI=1S/C16H30N4/c1-7-17-14(4)15-9-10-16(18-11-15)20(8-2)13(3)12-19(5)6/h9-11,13-14,17H,7-8,12H2,1-6H3. The van der Waals surface area contributed by atoms with Crippen LogP contribution in [0.4, 0.5) is 5.82 Å². The maximum Gasteiger partial charge on any atom is 0.128 e. The Balaban J connectivity index is 2.79. The van der Waals surface area contributed by atoms with Crippen molar-refractivity contribution in [3.63, 3.8) is 0 Å². The van der Waals surface area contributed by atoms with E-state index in [1.54, 1.807) is 0 Å². The van der Waals surface area contributed by atoms with Crippen molar-refractivity contribution < 1.29 is 0 Å². The summed E-state index contributed by atoms with van der Waals surface area (Å²) in [6.45, 7) is 11.7. The summed E-state index contributed by atoms with van der Waals surface area (Å²) in [6, 6.07) is 5.13. The second-order valence-corrected chi connectivity index (χ2v) is 5.63. The molecule has 0 aliphatic rings. The van der Waals surface area contributed by atoms with Gasteiger partial charge in [-0.15, -0.1) is 0 Å². The van der Waals surface area contributed by atoms with Gasteiger partial charge in [-0.25, -0.2) is 4.98 Å². The Morgan fingerprint density at radius 1 is 1.20 bits per heavy atom. The molecule has 0 spiro atoms. The van der Waals surface area contributed by atoms with Gasteiger partial charge < -0.3 is 15.1 Å². The summed E-state index contributed by atoms with van der Waals surface area (Å²) in [4.78, 5) is 9.22. The van der Waals surface area contributed by atoms with Crippen LogP contribution in [-0.2, 0) is 0 Å². The highest BCUT2D eigenvalue weighted by molar-refractivity contribution is 5.40. The monoisotopic (exact) mass is 278 g/mol. The van der Waals surface area contributed by atoms with Crippen molar-refractivity contribution in [2.24, 2.45) is 0 Å². The number of aromatic nitrogens is 1. The fourth-order valence-corrected chi connectivity index (χ4v) is 2.57. The molecule has 0 saturated heterocycles. The zero-order valence-corrected chi connectivity index (χ0v) is 13.8. The third-order valence-corrected chi connectivity index (χ3v) is 3.58. The first-order valence-corrected chi connectivity index (χ1v) is 7.60.